The molecule has 138 valence electrons. The van der Waals surface area contributed by atoms with E-state index in [1.165, 1.54) is 0 Å². The minimum Gasteiger partial charge on any atom is -0.394 e. The number of nitrogens with zero attached hydrogens (tertiary/aromatic N) is 3. The summed E-state index contributed by atoms with van der Waals surface area (Å²) in [6, 6.07) is -0.538. The van der Waals surface area contributed by atoms with Gasteiger partial charge in [-0.1, -0.05) is 12.1 Å². The van der Waals surface area contributed by atoms with Crippen molar-refractivity contribution in [1.82, 2.24) is 20.4 Å². The summed E-state index contributed by atoms with van der Waals surface area (Å²) in [5.41, 5.74) is -0.631. The van der Waals surface area contributed by atoms with Gasteiger partial charge >= 0.3 is 0 Å². The highest BCUT2D eigenvalue weighted by molar-refractivity contribution is 5.99. The Hall–Kier alpha value is -1.80. The van der Waals surface area contributed by atoms with Crippen molar-refractivity contribution in [1.29, 1.82) is 0 Å². The van der Waals surface area contributed by atoms with Crippen molar-refractivity contribution >= 4 is 11.7 Å². The number of ketones is 1. The van der Waals surface area contributed by atoms with Crippen LogP contribution in [-0.4, -0.2) is 63.1 Å². The van der Waals surface area contributed by atoms with Crippen molar-refractivity contribution in [2.75, 3.05) is 19.7 Å². The second-order valence-corrected chi connectivity index (χ2v) is 7.99. The molecule has 0 bridgehead atoms. The highest BCUT2D eigenvalue weighted by Gasteiger charge is 2.45. The quantitative estimate of drug-likeness (QED) is 0.695. The topological polar surface area (TPSA) is 109 Å². The molecule has 8 nitrogen and oxygen atoms in total. The fraction of sp³-hybridized carbons (Fsp3) is 0.765. The number of rotatable bonds is 7. The maximum absolute atomic E-state index is 12.7. The first-order valence-electron chi connectivity index (χ1n) is 8.79. The number of carbonyl (C=O) groups is 2. The number of Topliss-reactive ketones (excluding diaryl/α,β-unsaturated/α-hetero) is 1. The average Bonchev–Trinajstić information content (AvgIpc) is 3.03. The van der Waals surface area contributed by atoms with Crippen LogP contribution < -0.4 is 5.32 Å². The number of likely N-dealkylation sites (tertiary alicyclic amines) is 1. The number of aliphatic hydroxyl groups is 1. The van der Waals surface area contributed by atoms with Crippen LogP contribution in [0.15, 0.2) is 4.52 Å². The Labute approximate surface area is 147 Å². The lowest BCUT2D eigenvalue weighted by atomic mass is 10.1. The molecule has 2 N–H and O–H groups in total. The third-order valence-corrected chi connectivity index (χ3v) is 5.15. The molecule has 1 atom stereocenters. The van der Waals surface area contributed by atoms with E-state index in [0.29, 0.717) is 18.9 Å². The molecule has 1 saturated heterocycles. The number of hydrogen-bond donors (Lipinski definition) is 2. The second kappa shape index (κ2) is 6.49. The molecule has 1 aromatic heterocycles. The van der Waals surface area contributed by atoms with Gasteiger partial charge in [-0.2, -0.15) is 4.98 Å². The zero-order valence-corrected chi connectivity index (χ0v) is 15.0. The van der Waals surface area contributed by atoms with Crippen molar-refractivity contribution in [2.24, 2.45) is 0 Å². The Morgan fingerprint density at radius 1 is 1.44 bits per heavy atom. The predicted octanol–water partition coefficient (Wildman–Crippen LogP) is 0.655. The van der Waals surface area contributed by atoms with Gasteiger partial charge in [-0.3, -0.25) is 9.59 Å². The molecule has 0 spiro atoms. The average molecular weight is 350 g/mol. The first kappa shape index (κ1) is 18.0. The molecule has 1 saturated carbocycles. The van der Waals surface area contributed by atoms with Gasteiger partial charge in [0.25, 0.3) is 0 Å². The van der Waals surface area contributed by atoms with E-state index in [0.717, 1.165) is 19.3 Å². The predicted molar refractivity (Wildman–Crippen MR) is 89.1 cm³/mol. The summed E-state index contributed by atoms with van der Waals surface area (Å²) in [5, 5.41) is 16.1. The van der Waals surface area contributed by atoms with Crippen LogP contribution in [0, 0.1) is 0 Å². The van der Waals surface area contributed by atoms with Crippen LogP contribution in [0.3, 0.4) is 0 Å². The summed E-state index contributed by atoms with van der Waals surface area (Å²) >= 11 is 0. The highest BCUT2D eigenvalue weighted by atomic mass is 16.5. The lowest BCUT2D eigenvalue weighted by Gasteiger charge is -2.27. The van der Waals surface area contributed by atoms with Gasteiger partial charge < -0.3 is 19.8 Å². The zero-order valence-electron chi connectivity index (χ0n) is 15.0. The van der Waals surface area contributed by atoms with E-state index < -0.39 is 11.6 Å². The minimum atomic E-state index is -0.544. The van der Waals surface area contributed by atoms with Gasteiger partial charge in [0.2, 0.25) is 23.4 Å². The molecule has 1 aliphatic carbocycles. The number of aliphatic hydroxyl groups excluding tert-OH is 1. The van der Waals surface area contributed by atoms with E-state index in [1.807, 2.05) is 20.8 Å². The van der Waals surface area contributed by atoms with E-state index in [1.54, 1.807) is 4.90 Å². The van der Waals surface area contributed by atoms with Crippen LogP contribution in [0.25, 0.3) is 0 Å². The number of carbonyl (C=O) groups excluding carboxylic acids is 2. The molecule has 0 aromatic carbocycles. The molecule has 2 fully saturated rings. The van der Waals surface area contributed by atoms with Gasteiger partial charge in [0, 0.05) is 17.5 Å². The summed E-state index contributed by atoms with van der Waals surface area (Å²) < 4.78 is 5.25. The molecule has 1 aliphatic heterocycles. The van der Waals surface area contributed by atoms with Crippen LogP contribution in [0.4, 0.5) is 0 Å². The number of amides is 1. The molecular weight excluding hydrogens is 324 g/mol. The fourth-order valence-corrected chi connectivity index (χ4v) is 2.93. The summed E-state index contributed by atoms with van der Waals surface area (Å²) in [4.78, 5) is 31.1. The molecule has 8 heteroatoms. The summed E-state index contributed by atoms with van der Waals surface area (Å²) in [6.07, 6.45) is 3.36. The Balaban J connectivity index is 1.65. The molecule has 25 heavy (non-hydrogen) atoms. The SMILES string of the molecule is CC(C)(CO)NCC(=O)N1CCCC1C(=O)c1noc(C2(C)CC2)n1. The van der Waals surface area contributed by atoms with E-state index in [2.05, 4.69) is 15.5 Å². The third-order valence-electron chi connectivity index (χ3n) is 5.15. The first-order chi connectivity index (χ1) is 11.8. The Morgan fingerprint density at radius 3 is 2.80 bits per heavy atom. The van der Waals surface area contributed by atoms with Crippen molar-refractivity contribution in [3.63, 3.8) is 0 Å². The highest BCUT2D eigenvalue weighted by Crippen LogP contribution is 2.46. The maximum atomic E-state index is 12.7. The summed E-state index contributed by atoms with van der Waals surface area (Å²) in [5.74, 6) is 0.163. The smallest absolute Gasteiger partial charge is 0.240 e. The van der Waals surface area contributed by atoms with Crippen molar-refractivity contribution in [2.45, 2.75) is 63.5 Å². The van der Waals surface area contributed by atoms with Crippen LogP contribution >= 0.6 is 0 Å². The molecule has 2 aliphatic rings. The number of nitrogens with one attached hydrogen (secondary N) is 1. The number of hydrogen-bond acceptors (Lipinski definition) is 7. The van der Waals surface area contributed by atoms with E-state index in [9.17, 15) is 14.7 Å². The molecule has 1 amide bonds. The first-order valence-corrected chi connectivity index (χ1v) is 8.79. The Kier molecular flexibility index (Phi) is 4.68. The fourth-order valence-electron chi connectivity index (χ4n) is 2.93. The van der Waals surface area contributed by atoms with Gasteiger partial charge in [-0.05, 0) is 39.5 Å². The molecule has 2 heterocycles. The van der Waals surface area contributed by atoms with Gasteiger partial charge in [0.1, 0.15) is 0 Å². The monoisotopic (exact) mass is 350 g/mol. The normalized spacial score (nSPS) is 22.2. The number of aromatic nitrogens is 2. The Morgan fingerprint density at radius 2 is 2.16 bits per heavy atom. The van der Waals surface area contributed by atoms with Gasteiger partial charge in [-0.25, -0.2) is 0 Å². The van der Waals surface area contributed by atoms with Gasteiger partial charge in [0.15, 0.2) is 0 Å². The molecule has 0 radical (unpaired) electrons. The summed E-state index contributed by atoms with van der Waals surface area (Å²) in [7, 11) is 0. The lowest BCUT2D eigenvalue weighted by molar-refractivity contribution is -0.130. The van der Waals surface area contributed by atoms with Gasteiger partial charge in [-0.15, -0.1) is 0 Å². The standard InChI is InChI=1S/C17H26N4O4/c1-16(2,10-22)18-9-12(23)21-8-4-5-11(21)13(24)14-19-15(25-20-14)17(3)6-7-17/h11,18,22H,4-10H2,1-3H3. The van der Waals surface area contributed by atoms with Crippen LogP contribution in [0.1, 0.15) is 63.0 Å². The maximum Gasteiger partial charge on any atom is 0.240 e. The lowest BCUT2D eigenvalue weighted by Crippen LogP contribution is -2.50. The van der Waals surface area contributed by atoms with Crippen LogP contribution in [0.5, 0.6) is 0 Å². The summed E-state index contributed by atoms with van der Waals surface area (Å²) in [6.45, 7) is 6.20. The van der Waals surface area contributed by atoms with Crippen LogP contribution in [-0.2, 0) is 10.2 Å². The Bertz CT molecular complexity index is 665. The molecule has 1 unspecified atom stereocenters. The van der Waals surface area contributed by atoms with Gasteiger partial charge in [0.05, 0.1) is 19.2 Å². The van der Waals surface area contributed by atoms with Crippen molar-refractivity contribution in [3.05, 3.63) is 11.7 Å². The third kappa shape index (κ3) is 3.74. The van der Waals surface area contributed by atoms with E-state index in [-0.39, 0.29) is 36.1 Å². The van der Waals surface area contributed by atoms with Crippen molar-refractivity contribution < 1.29 is 19.2 Å². The largest absolute Gasteiger partial charge is 0.394 e. The zero-order chi connectivity index (χ0) is 18.2. The van der Waals surface area contributed by atoms with Crippen molar-refractivity contribution in [3.8, 4) is 0 Å². The minimum absolute atomic E-state index is 0.0662. The molecule has 1 aromatic rings. The molecule has 3 rings (SSSR count). The second-order valence-electron chi connectivity index (χ2n) is 7.99. The van der Waals surface area contributed by atoms with E-state index >= 15 is 0 Å². The van der Waals surface area contributed by atoms with E-state index in [4.69, 9.17) is 4.52 Å². The van der Waals surface area contributed by atoms with Crippen LogP contribution in [0.2, 0.25) is 0 Å². The molecular formula is C17H26N4O4.